The minimum atomic E-state index is -3.72. The lowest BCUT2D eigenvalue weighted by Gasteiger charge is -2.19. The van der Waals surface area contributed by atoms with Crippen LogP contribution in [-0.4, -0.2) is 32.2 Å². The summed E-state index contributed by atoms with van der Waals surface area (Å²) in [5.74, 6) is 0.216. The normalized spacial score (nSPS) is 12.2. The number of aliphatic carboxylic acids is 1. The van der Waals surface area contributed by atoms with Gasteiger partial charge in [-0.3, -0.25) is 4.79 Å². The first-order valence-corrected chi connectivity index (χ1v) is 13.2. The van der Waals surface area contributed by atoms with Crippen LogP contribution < -0.4 is 9.47 Å². The van der Waals surface area contributed by atoms with Gasteiger partial charge in [0.2, 0.25) is 9.84 Å². The maximum atomic E-state index is 13.3. The van der Waals surface area contributed by atoms with Crippen molar-refractivity contribution in [3.8, 4) is 11.5 Å². The number of carbonyl (C=O) groups is 1. The van der Waals surface area contributed by atoms with Gasteiger partial charge in [-0.25, -0.2) is 8.42 Å². The topological polar surface area (TPSA) is 89.9 Å². The second-order valence-corrected chi connectivity index (χ2v) is 10.4. The molecule has 0 unspecified atom stereocenters. The highest BCUT2D eigenvalue weighted by Gasteiger charge is 2.23. The lowest BCUT2D eigenvalue weighted by molar-refractivity contribution is -0.136. The number of carboxylic acids is 1. The largest absolute Gasteiger partial charge is 0.493 e. The molecule has 3 rings (SSSR count). The van der Waals surface area contributed by atoms with Gasteiger partial charge in [0.1, 0.15) is 16.4 Å². The molecular formula is C28H32O6S. The van der Waals surface area contributed by atoms with E-state index in [1.54, 1.807) is 42.5 Å². The Hall–Kier alpha value is -3.32. The van der Waals surface area contributed by atoms with Crippen LogP contribution in [0.15, 0.2) is 76.5 Å². The molecule has 0 radical (unpaired) electrons. The van der Waals surface area contributed by atoms with Crippen molar-refractivity contribution in [2.45, 2.75) is 62.3 Å². The van der Waals surface area contributed by atoms with Crippen LogP contribution in [0.2, 0.25) is 0 Å². The van der Waals surface area contributed by atoms with Crippen molar-refractivity contribution in [3.63, 3.8) is 0 Å². The molecule has 1 N–H and O–H groups in total. The van der Waals surface area contributed by atoms with Gasteiger partial charge in [0.05, 0.1) is 17.6 Å². The van der Waals surface area contributed by atoms with Gasteiger partial charge in [0.15, 0.2) is 0 Å². The van der Waals surface area contributed by atoms with Crippen molar-refractivity contribution in [1.82, 2.24) is 0 Å². The van der Waals surface area contributed by atoms with Gasteiger partial charge in [-0.1, -0.05) is 37.3 Å². The average molecular weight is 497 g/mol. The van der Waals surface area contributed by atoms with Gasteiger partial charge in [-0.15, -0.1) is 0 Å². The molecule has 0 amide bonds. The molecule has 0 bridgehead atoms. The number of hydrogen-bond acceptors (Lipinski definition) is 5. The third-order valence-corrected chi connectivity index (χ3v) is 7.59. The highest BCUT2D eigenvalue weighted by molar-refractivity contribution is 7.91. The van der Waals surface area contributed by atoms with E-state index in [4.69, 9.17) is 14.6 Å². The summed E-state index contributed by atoms with van der Waals surface area (Å²) < 4.78 is 38.6. The smallest absolute Gasteiger partial charge is 0.303 e. The fourth-order valence-electron chi connectivity index (χ4n) is 3.71. The summed E-state index contributed by atoms with van der Waals surface area (Å²) in [6.07, 6.45) is 1.58. The number of rotatable bonds is 12. The second kappa shape index (κ2) is 11.9. The minimum Gasteiger partial charge on any atom is -0.493 e. The van der Waals surface area contributed by atoms with E-state index in [0.29, 0.717) is 30.9 Å². The van der Waals surface area contributed by atoms with E-state index in [1.807, 2.05) is 45.0 Å². The lowest BCUT2D eigenvalue weighted by Crippen LogP contribution is -2.17. The Kier molecular flexibility index (Phi) is 8.93. The fraction of sp³-hybridized carbons (Fsp3) is 0.321. The van der Waals surface area contributed by atoms with Crippen LogP contribution in [0, 0.1) is 6.92 Å². The number of aryl methyl sites for hydroxylation is 3. The predicted octanol–water partition coefficient (Wildman–Crippen LogP) is 5.64. The van der Waals surface area contributed by atoms with Crippen LogP contribution >= 0.6 is 0 Å². The van der Waals surface area contributed by atoms with E-state index >= 15 is 0 Å². The van der Waals surface area contributed by atoms with Crippen molar-refractivity contribution in [3.05, 3.63) is 83.4 Å². The molecule has 7 heteroatoms. The SMILES string of the molecule is CCc1ccc(O[C@@H](C)CCOc2ccc(CCC(=O)O)c(C)c2)c(S(=O)(=O)c2ccccc2)c1. The number of hydrogen-bond donors (Lipinski definition) is 1. The van der Waals surface area contributed by atoms with Crippen molar-refractivity contribution in [2.75, 3.05) is 6.61 Å². The quantitative estimate of drug-likeness (QED) is 0.349. The highest BCUT2D eigenvalue weighted by Crippen LogP contribution is 2.32. The Morgan fingerprint density at radius 2 is 1.77 bits per heavy atom. The summed E-state index contributed by atoms with van der Waals surface area (Å²) in [5, 5.41) is 8.87. The van der Waals surface area contributed by atoms with E-state index in [9.17, 15) is 13.2 Å². The zero-order chi connectivity index (χ0) is 25.4. The van der Waals surface area contributed by atoms with E-state index in [-0.39, 0.29) is 22.3 Å². The molecule has 1 atom stereocenters. The van der Waals surface area contributed by atoms with Gasteiger partial charge in [-0.05, 0) is 79.8 Å². The summed E-state index contributed by atoms with van der Waals surface area (Å²) in [6.45, 7) is 6.19. The van der Waals surface area contributed by atoms with Crippen molar-refractivity contribution >= 4 is 15.8 Å². The van der Waals surface area contributed by atoms with Crippen LogP contribution in [-0.2, 0) is 27.5 Å². The standard InChI is InChI=1S/C28H32O6S/c1-4-22-10-14-26(27(19-22)35(31,32)25-8-6-5-7-9-25)34-21(3)16-17-33-24-13-11-23(20(2)18-24)12-15-28(29)30/h5-11,13-14,18-19,21H,4,12,15-17H2,1-3H3,(H,29,30)/t21-/m0/s1. The first-order chi connectivity index (χ1) is 16.7. The molecule has 0 saturated heterocycles. The van der Waals surface area contributed by atoms with E-state index in [2.05, 4.69) is 0 Å². The Morgan fingerprint density at radius 3 is 2.43 bits per heavy atom. The average Bonchev–Trinajstić information content (AvgIpc) is 2.84. The third-order valence-electron chi connectivity index (χ3n) is 5.80. The molecule has 0 aliphatic carbocycles. The molecule has 35 heavy (non-hydrogen) atoms. The molecule has 0 heterocycles. The summed E-state index contributed by atoms with van der Waals surface area (Å²) in [4.78, 5) is 11.2. The fourth-order valence-corrected chi connectivity index (χ4v) is 5.16. The zero-order valence-corrected chi connectivity index (χ0v) is 21.2. The molecule has 0 saturated carbocycles. The van der Waals surface area contributed by atoms with Gasteiger partial charge in [0.25, 0.3) is 0 Å². The number of carboxylic acid groups (broad SMARTS) is 1. The molecule has 0 aliphatic heterocycles. The Bertz CT molecular complexity index is 1250. The zero-order valence-electron chi connectivity index (χ0n) is 20.4. The molecule has 3 aromatic rings. The highest BCUT2D eigenvalue weighted by atomic mass is 32.2. The van der Waals surface area contributed by atoms with Gasteiger partial charge >= 0.3 is 5.97 Å². The predicted molar refractivity (Wildman–Crippen MR) is 135 cm³/mol. The number of ether oxygens (including phenoxy) is 2. The van der Waals surface area contributed by atoms with E-state index in [0.717, 1.165) is 23.1 Å². The van der Waals surface area contributed by atoms with Crippen molar-refractivity contribution < 1.29 is 27.8 Å². The molecule has 6 nitrogen and oxygen atoms in total. The molecule has 3 aromatic carbocycles. The molecule has 0 aromatic heterocycles. The molecular weight excluding hydrogens is 464 g/mol. The summed E-state index contributed by atoms with van der Waals surface area (Å²) >= 11 is 0. The van der Waals surface area contributed by atoms with Gasteiger partial charge in [0, 0.05) is 12.8 Å². The lowest BCUT2D eigenvalue weighted by atomic mass is 10.0. The Balaban J connectivity index is 1.66. The monoisotopic (exact) mass is 496 g/mol. The van der Waals surface area contributed by atoms with Crippen molar-refractivity contribution in [1.29, 1.82) is 0 Å². The second-order valence-electron chi connectivity index (χ2n) is 8.50. The van der Waals surface area contributed by atoms with Crippen molar-refractivity contribution in [2.24, 2.45) is 0 Å². The van der Waals surface area contributed by atoms with Crippen LogP contribution in [0.25, 0.3) is 0 Å². The van der Waals surface area contributed by atoms with Crippen LogP contribution in [0.4, 0.5) is 0 Å². The molecule has 186 valence electrons. The van der Waals surface area contributed by atoms with E-state index < -0.39 is 15.8 Å². The van der Waals surface area contributed by atoms with Crippen LogP contribution in [0.3, 0.4) is 0 Å². The number of benzene rings is 3. The van der Waals surface area contributed by atoms with Crippen LogP contribution in [0.5, 0.6) is 11.5 Å². The van der Waals surface area contributed by atoms with Gasteiger partial charge in [-0.2, -0.15) is 0 Å². The van der Waals surface area contributed by atoms with Crippen LogP contribution in [0.1, 0.15) is 43.4 Å². The first-order valence-electron chi connectivity index (χ1n) is 11.7. The Labute approximate surface area is 207 Å². The van der Waals surface area contributed by atoms with E-state index in [1.165, 1.54) is 0 Å². The number of sulfone groups is 1. The molecule has 0 aliphatic rings. The summed E-state index contributed by atoms with van der Waals surface area (Å²) in [6, 6.07) is 19.3. The van der Waals surface area contributed by atoms with Gasteiger partial charge < -0.3 is 14.6 Å². The maximum absolute atomic E-state index is 13.3. The Morgan fingerprint density at radius 1 is 1.03 bits per heavy atom. The molecule has 0 spiro atoms. The molecule has 0 fully saturated rings. The minimum absolute atomic E-state index is 0.0944. The first kappa shape index (κ1) is 26.3. The summed E-state index contributed by atoms with van der Waals surface area (Å²) in [5.41, 5.74) is 2.89. The maximum Gasteiger partial charge on any atom is 0.303 e. The summed E-state index contributed by atoms with van der Waals surface area (Å²) in [7, 11) is -3.72. The third kappa shape index (κ3) is 7.09.